The summed E-state index contributed by atoms with van der Waals surface area (Å²) in [4.78, 5) is 26.2. The molecule has 2 amide bonds. The number of nitrogens with one attached hydrogen (secondary N) is 3. The Labute approximate surface area is 223 Å². The fourth-order valence-electron chi connectivity index (χ4n) is 4.69. The zero-order valence-electron chi connectivity index (χ0n) is 21.4. The SMILES string of the molecule is C#C[C@@H]1CO[C@H](CCc2ccccc2NC(=O)[C@@H](NC(=O)OC)C(c2ccccc2)c2ccccc2)CN1. The first kappa shape index (κ1) is 26.9. The Morgan fingerprint density at radius 1 is 1.03 bits per heavy atom. The third-order valence-corrected chi connectivity index (χ3v) is 6.69. The van der Waals surface area contributed by atoms with E-state index in [1.807, 2.05) is 84.9 Å². The molecule has 0 aromatic heterocycles. The topological polar surface area (TPSA) is 88.7 Å². The number of hydrogen-bond acceptors (Lipinski definition) is 5. The molecule has 0 saturated carbocycles. The first-order chi connectivity index (χ1) is 18.6. The lowest BCUT2D eigenvalue weighted by molar-refractivity contribution is -0.118. The predicted octanol–water partition coefficient (Wildman–Crippen LogP) is 4.10. The maximum atomic E-state index is 13.8. The number of amides is 2. The summed E-state index contributed by atoms with van der Waals surface area (Å²) in [6, 6.07) is 26.0. The Morgan fingerprint density at radius 3 is 2.24 bits per heavy atom. The molecule has 7 heteroatoms. The summed E-state index contributed by atoms with van der Waals surface area (Å²) in [6.07, 6.45) is 6.32. The van der Waals surface area contributed by atoms with E-state index in [0.29, 0.717) is 25.3 Å². The van der Waals surface area contributed by atoms with Crippen molar-refractivity contribution in [3.05, 3.63) is 102 Å². The van der Waals surface area contributed by atoms with Gasteiger partial charge < -0.3 is 20.1 Å². The van der Waals surface area contributed by atoms with Gasteiger partial charge >= 0.3 is 6.09 Å². The molecule has 3 aromatic rings. The molecule has 0 spiro atoms. The minimum atomic E-state index is -0.924. The van der Waals surface area contributed by atoms with Crippen LogP contribution in [0.1, 0.15) is 29.0 Å². The van der Waals surface area contributed by atoms with Crippen LogP contribution in [0.2, 0.25) is 0 Å². The van der Waals surface area contributed by atoms with Gasteiger partial charge in [-0.2, -0.15) is 0 Å². The first-order valence-corrected chi connectivity index (χ1v) is 12.7. The average Bonchev–Trinajstić information content (AvgIpc) is 2.97. The second kappa shape index (κ2) is 13.4. The molecule has 1 fully saturated rings. The normalized spacial score (nSPS) is 17.7. The van der Waals surface area contributed by atoms with Gasteiger partial charge in [0, 0.05) is 18.2 Å². The van der Waals surface area contributed by atoms with E-state index in [4.69, 9.17) is 15.9 Å². The number of alkyl carbamates (subject to hydrolysis) is 1. The van der Waals surface area contributed by atoms with Gasteiger partial charge in [0.2, 0.25) is 5.91 Å². The van der Waals surface area contributed by atoms with Gasteiger partial charge in [0.15, 0.2) is 0 Å². The summed E-state index contributed by atoms with van der Waals surface area (Å²) >= 11 is 0. The van der Waals surface area contributed by atoms with Crippen LogP contribution in [0.4, 0.5) is 10.5 Å². The molecule has 3 aromatic carbocycles. The number of terminal acetylenes is 1. The molecule has 38 heavy (non-hydrogen) atoms. The number of carbonyl (C=O) groups excluding carboxylic acids is 2. The van der Waals surface area contributed by atoms with Gasteiger partial charge in [0.25, 0.3) is 0 Å². The fourth-order valence-corrected chi connectivity index (χ4v) is 4.69. The molecular formula is C31H33N3O4. The Kier molecular flexibility index (Phi) is 9.52. The number of aryl methyl sites for hydroxylation is 1. The van der Waals surface area contributed by atoms with E-state index in [-0.39, 0.29) is 18.1 Å². The third-order valence-electron chi connectivity index (χ3n) is 6.69. The predicted molar refractivity (Wildman–Crippen MR) is 148 cm³/mol. The molecule has 1 saturated heterocycles. The summed E-state index contributed by atoms with van der Waals surface area (Å²) in [5, 5.41) is 9.15. The lowest BCUT2D eigenvalue weighted by atomic mass is 9.84. The zero-order chi connectivity index (χ0) is 26.7. The summed E-state index contributed by atoms with van der Waals surface area (Å²) in [5.74, 6) is 1.89. The number of para-hydroxylation sites is 1. The summed E-state index contributed by atoms with van der Waals surface area (Å²) in [6.45, 7) is 1.17. The van der Waals surface area contributed by atoms with E-state index in [0.717, 1.165) is 23.1 Å². The van der Waals surface area contributed by atoms with Crippen LogP contribution in [0.3, 0.4) is 0 Å². The van der Waals surface area contributed by atoms with Crippen molar-refractivity contribution in [1.29, 1.82) is 0 Å². The van der Waals surface area contributed by atoms with E-state index >= 15 is 0 Å². The van der Waals surface area contributed by atoms with Crippen LogP contribution in [0.5, 0.6) is 0 Å². The van der Waals surface area contributed by atoms with Gasteiger partial charge in [-0.15, -0.1) is 6.42 Å². The van der Waals surface area contributed by atoms with Crippen LogP contribution in [-0.2, 0) is 20.7 Å². The quantitative estimate of drug-likeness (QED) is 0.377. The number of methoxy groups -OCH3 is 1. The van der Waals surface area contributed by atoms with Gasteiger partial charge in [-0.05, 0) is 35.6 Å². The highest BCUT2D eigenvalue weighted by atomic mass is 16.5. The number of hydrogen-bond donors (Lipinski definition) is 3. The van der Waals surface area contributed by atoms with Crippen molar-refractivity contribution in [2.45, 2.75) is 36.9 Å². The number of rotatable bonds is 9. The van der Waals surface area contributed by atoms with E-state index in [1.54, 1.807) is 0 Å². The highest BCUT2D eigenvalue weighted by molar-refractivity contribution is 5.98. The molecule has 0 bridgehead atoms. The van der Waals surface area contributed by atoms with Crippen molar-refractivity contribution in [1.82, 2.24) is 10.6 Å². The minimum absolute atomic E-state index is 0.0395. The first-order valence-electron chi connectivity index (χ1n) is 12.7. The van der Waals surface area contributed by atoms with Crippen molar-refractivity contribution >= 4 is 17.7 Å². The second-order valence-electron chi connectivity index (χ2n) is 9.18. The van der Waals surface area contributed by atoms with Gasteiger partial charge in [0.1, 0.15) is 6.04 Å². The van der Waals surface area contributed by atoms with Crippen molar-refractivity contribution in [3.8, 4) is 12.3 Å². The molecule has 0 aliphatic carbocycles. The average molecular weight is 512 g/mol. The lowest BCUT2D eigenvalue weighted by Gasteiger charge is -2.29. The monoisotopic (exact) mass is 511 g/mol. The lowest BCUT2D eigenvalue weighted by Crippen LogP contribution is -2.48. The van der Waals surface area contributed by atoms with Crippen molar-refractivity contribution in [2.75, 3.05) is 25.6 Å². The molecule has 1 heterocycles. The van der Waals surface area contributed by atoms with Crippen molar-refractivity contribution < 1.29 is 19.1 Å². The van der Waals surface area contributed by atoms with Gasteiger partial charge in [-0.3, -0.25) is 10.1 Å². The van der Waals surface area contributed by atoms with Crippen molar-refractivity contribution in [3.63, 3.8) is 0 Å². The molecule has 4 rings (SSSR count). The molecule has 0 radical (unpaired) electrons. The highest BCUT2D eigenvalue weighted by Crippen LogP contribution is 2.30. The summed E-state index contributed by atoms with van der Waals surface area (Å²) in [7, 11) is 1.29. The Balaban J connectivity index is 1.56. The minimum Gasteiger partial charge on any atom is -0.453 e. The van der Waals surface area contributed by atoms with Gasteiger partial charge in [-0.1, -0.05) is 84.8 Å². The summed E-state index contributed by atoms with van der Waals surface area (Å²) < 4.78 is 10.8. The highest BCUT2D eigenvalue weighted by Gasteiger charge is 2.33. The van der Waals surface area contributed by atoms with Crippen LogP contribution in [-0.4, -0.2) is 50.4 Å². The molecule has 0 unspecified atom stereocenters. The number of carbonyl (C=O) groups is 2. The molecule has 7 nitrogen and oxygen atoms in total. The van der Waals surface area contributed by atoms with E-state index in [2.05, 4.69) is 21.9 Å². The Bertz CT molecular complexity index is 1200. The molecular weight excluding hydrogens is 478 g/mol. The van der Waals surface area contributed by atoms with E-state index < -0.39 is 18.1 Å². The van der Waals surface area contributed by atoms with Crippen LogP contribution in [0.15, 0.2) is 84.9 Å². The Hall–Kier alpha value is -4.12. The number of benzene rings is 3. The smallest absolute Gasteiger partial charge is 0.407 e. The third kappa shape index (κ3) is 7.00. The van der Waals surface area contributed by atoms with E-state index in [9.17, 15) is 9.59 Å². The summed E-state index contributed by atoms with van der Waals surface area (Å²) in [5.41, 5.74) is 3.47. The second-order valence-corrected chi connectivity index (χ2v) is 9.18. The van der Waals surface area contributed by atoms with Gasteiger partial charge in [-0.25, -0.2) is 4.79 Å². The number of ether oxygens (including phenoxy) is 2. The zero-order valence-corrected chi connectivity index (χ0v) is 21.4. The van der Waals surface area contributed by atoms with Crippen LogP contribution in [0.25, 0.3) is 0 Å². The molecule has 3 atom stereocenters. The Morgan fingerprint density at radius 2 is 1.66 bits per heavy atom. The van der Waals surface area contributed by atoms with Gasteiger partial charge in [0.05, 0.1) is 25.9 Å². The van der Waals surface area contributed by atoms with Crippen molar-refractivity contribution in [2.24, 2.45) is 0 Å². The van der Waals surface area contributed by atoms with E-state index in [1.165, 1.54) is 7.11 Å². The van der Waals surface area contributed by atoms with Crippen LogP contribution >= 0.6 is 0 Å². The molecule has 196 valence electrons. The van der Waals surface area contributed by atoms with Crippen LogP contribution < -0.4 is 16.0 Å². The largest absolute Gasteiger partial charge is 0.453 e. The maximum absolute atomic E-state index is 13.8. The standard InChI is InChI=1S/C31H33N3O4/c1-3-25-21-38-26(20-32-25)19-18-22-12-10-11-17-27(22)33-30(35)29(34-31(36)37-2)28(23-13-6-4-7-14-23)24-15-8-5-9-16-24/h1,4-17,25-26,28-29,32H,18-21H2,2H3,(H,33,35)(H,34,36)/t25-,26-,29+/m1/s1. The maximum Gasteiger partial charge on any atom is 0.407 e. The number of anilines is 1. The molecule has 1 aliphatic heterocycles. The van der Waals surface area contributed by atoms with Crippen LogP contribution in [0, 0.1) is 12.3 Å². The molecule has 1 aliphatic rings. The molecule has 3 N–H and O–H groups in total. The fraction of sp³-hybridized carbons (Fsp3) is 0.290. The number of morpholine rings is 1.